The van der Waals surface area contributed by atoms with E-state index in [1.54, 1.807) is 0 Å². The highest BCUT2D eigenvalue weighted by Crippen LogP contribution is 2.20. The molecule has 1 N–H and O–H groups in total. The first-order valence-electron chi connectivity index (χ1n) is 7.46. The van der Waals surface area contributed by atoms with Gasteiger partial charge in [0.1, 0.15) is 5.82 Å². The minimum Gasteiger partial charge on any atom is -0.354 e. The van der Waals surface area contributed by atoms with Crippen molar-refractivity contribution in [3.63, 3.8) is 0 Å². The van der Waals surface area contributed by atoms with Crippen LogP contribution in [0.2, 0.25) is 0 Å². The number of benzene rings is 1. The second-order valence-electron chi connectivity index (χ2n) is 5.70. The summed E-state index contributed by atoms with van der Waals surface area (Å²) in [5, 5.41) is 4.57. The van der Waals surface area contributed by atoms with Crippen LogP contribution in [0.1, 0.15) is 0 Å². The van der Waals surface area contributed by atoms with Crippen molar-refractivity contribution >= 4 is 16.7 Å². The molecule has 4 heteroatoms. The Bertz CT molecular complexity index is 600. The number of rotatable bonds is 2. The minimum atomic E-state index is 0.765. The van der Waals surface area contributed by atoms with E-state index in [0.717, 1.165) is 56.6 Å². The van der Waals surface area contributed by atoms with Gasteiger partial charge in [0.25, 0.3) is 0 Å². The van der Waals surface area contributed by atoms with Crippen LogP contribution < -0.4 is 10.2 Å². The van der Waals surface area contributed by atoms with Gasteiger partial charge in [0.2, 0.25) is 0 Å². The molecule has 0 spiro atoms. The quantitative estimate of drug-likeness (QED) is 0.890. The van der Waals surface area contributed by atoms with Crippen LogP contribution in [0.5, 0.6) is 0 Å². The molecule has 1 aromatic carbocycles. The lowest BCUT2D eigenvalue weighted by molar-refractivity contribution is 0.137. The first-order valence-corrected chi connectivity index (χ1v) is 7.46. The van der Waals surface area contributed by atoms with Gasteiger partial charge in [-0.05, 0) is 18.2 Å². The maximum Gasteiger partial charge on any atom is 0.129 e. The molecule has 4 nitrogen and oxygen atoms in total. The maximum atomic E-state index is 4.80. The molecule has 2 aliphatic rings. The summed E-state index contributed by atoms with van der Waals surface area (Å²) in [5.74, 6) is 1.12. The summed E-state index contributed by atoms with van der Waals surface area (Å²) in [4.78, 5) is 9.81. The highest BCUT2D eigenvalue weighted by Gasteiger charge is 2.27. The third kappa shape index (κ3) is 2.15. The van der Waals surface area contributed by atoms with Gasteiger partial charge in [0.05, 0.1) is 5.52 Å². The third-order valence-electron chi connectivity index (χ3n) is 4.50. The Morgan fingerprint density at radius 2 is 1.75 bits per heavy atom. The molecule has 0 bridgehead atoms. The Morgan fingerprint density at radius 1 is 0.950 bits per heavy atom. The molecular weight excluding hydrogens is 248 g/mol. The van der Waals surface area contributed by atoms with E-state index >= 15 is 0 Å². The summed E-state index contributed by atoms with van der Waals surface area (Å²) in [7, 11) is 0. The highest BCUT2D eigenvalue weighted by atomic mass is 15.3. The van der Waals surface area contributed by atoms with Gasteiger partial charge in [-0.1, -0.05) is 18.2 Å². The highest BCUT2D eigenvalue weighted by molar-refractivity contribution is 5.80. The molecule has 2 aromatic rings. The van der Waals surface area contributed by atoms with Crippen molar-refractivity contribution in [2.45, 2.75) is 6.04 Å². The molecule has 104 valence electrons. The van der Waals surface area contributed by atoms with Crippen molar-refractivity contribution < 1.29 is 0 Å². The fraction of sp³-hybridized carbons (Fsp3) is 0.438. The lowest BCUT2D eigenvalue weighted by Crippen LogP contribution is -2.61. The Labute approximate surface area is 119 Å². The molecule has 0 radical (unpaired) electrons. The molecule has 4 rings (SSSR count). The predicted octanol–water partition coefficient (Wildman–Crippen LogP) is 1.33. The molecule has 0 saturated carbocycles. The number of para-hydroxylation sites is 1. The van der Waals surface area contributed by atoms with E-state index in [1.165, 1.54) is 5.39 Å². The Hall–Kier alpha value is -1.65. The van der Waals surface area contributed by atoms with Gasteiger partial charge in [-0.25, -0.2) is 4.98 Å². The molecule has 2 fully saturated rings. The number of anilines is 1. The smallest absolute Gasteiger partial charge is 0.129 e. The Kier molecular flexibility index (Phi) is 3.05. The lowest BCUT2D eigenvalue weighted by Gasteiger charge is -2.43. The van der Waals surface area contributed by atoms with Gasteiger partial charge in [-0.15, -0.1) is 0 Å². The van der Waals surface area contributed by atoms with E-state index in [9.17, 15) is 0 Å². The van der Waals surface area contributed by atoms with Crippen molar-refractivity contribution in [3.05, 3.63) is 36.4 Å². The van der Waals surface area contributed by atoms with Gasteiger partial charge in [-0.3, -0.25) is 4.90 Å². The topological polar surface area (TPSA) is 31.4 Å². The van der Waals surface area contributed by atoms with Gasteiger partial charge < -0.3 is 10.2 Å². The van der Waals surface area contributed by atoms with E-state index in [1.807, 2.05) is 0 Å². The van der Waals surface area contributed by atoms with Crippen LogP contribution in [0, 0.1) is 0 Å². The van der Waals surface area contributed by atoms with Crippen LogP contribution in [0.4, 0.5) is 5.82 Å². The number of aromatic nitrogens is 1. The molecule has 0 aliphatic carbocycles. The molecule has 20 heavy (non-hydrogen) atoms. The molecule has 3 heterocycles. The first kappa shape index (κ1) is 12.1. The summed E-state index contributed by atoms with van der Waals surface area (Å²) in [6.07, 6.45) is 0. The van der Waals surface area contributed by atoms with Gasteiger partial charge in [-0.2, -0.15) is 0 Å². The summed E-state index contributed by atoms with van der Waals surface area (Å²) in [6, 6.07) is 13.4. The van der Waals surface area contributed by atoms with E-state index in [4.69, 9.17) is 4.98 Å². The normalized spacial score (nSPS) is 21.1. The number of piperazine rings is 1. The molecule has 2 saturated heterocycles. The molecule has 2 aliphatic heterocycles. The maximum absolute atomic E-state index is 4.80. The first-order chi connectivity index (χ1) is 9.90. The number of nitrogens with one attached hydrogen (secondary N) is 1. The van der Waals surface area contributed by atoms with Crippen LogP contribution >= 0.6 is 0 Å². The zero-order chi connectivity index (χ0) is 13.4. The summed E-state index contributed by atoms with van der Waals surface area (Å²) in [5.41, 5.74) is 1.09. The van der Waals surface area contributed by atoms with Crippen molar-refractivity contribution in [2.24, 2.45) is 0 Å². The van der Waals surface area contributed by atoms with Gasteiger partial charge in [0.15, 0.2) is 0 Å². The second kappa shape index (κ2) is 5.04. The number of pyridine rings is 1. The largest absolute Gasteiger partial charge is 0.354 e. The van der Waals surface area contributed by atoms with Crippen LogP contribution in [0.25, 0.3) is 10.9 Å². The summed E-state index contributed by atoms with van der Waals surface area (Å²) >= 11 is 0. The van der Waals surface area contributed by atoms with Crippen molar-refractivity contribution in [1.29, 1.82) is 0 Å². The molecule has 0 unspecified atom stereocenters. The molecule has 1 aromatic heterocycles. The van der Waals surface area contributed by atoms with Crippen LogP contribution in [-0.2, 0) is 0 Å². The second-order valence-corrected chi connectivity index (χ2v) is 5.70. The third-order valence-corrected chi connectivity index (χ3v) is 4.50. The minimum absolute atomic E-state index is 0.765. The summed E-state index contributed by atoms with van der Waals surface area (Å²) in [6.45, 7) is 6.80. The van der Waals surface area contributed by atoms with Gasteiger partial charge >= 0.3 is 0 Å². The molecule has 0 amide bonds. The summed E-state index contributed by atoms with van der Waals surface area (Å²) < 4.78 is 0. The van der Waals surface area contributed by atoms with E-state index in [-0.39, 0.29) is 0 Å². The van der Waals surface area contributed by atoms with Crippen molar-refractivity contribution in [2.75, 3.05) is 44.2 Å². The van der Waals surface area contributed by atoms with Crippen LogP contribution in [-0.4, -0.2) is 55.2 Å². The number of fused-ring (bicyclic) bond motifs is 1. The standard InChI is InChI=1S/C16H20N4/c1-2-4-15-13(3-1)5-6-16(18-15)20-9-7-19(8-10-20)14-11-17-12-14/h1-6,14,17H,7-12H2. The number of hydrogen-bond donors (Lipinski definition) is 1. The SMILES string of the molecule is c1ccc2nc(N3CCN(C4CNC4)CC3)ccc2c1. The van der Waals surface area contributed by atoms with Crippen molar-refractivity contribution in [1.82, 2.24) is 15.2 Å². The Morgan fingerprint density at radius 3 is 2.50 bits per heavy atom. The lowest BCUT2D eigenvalue weighted by atomic mass is 10.1. The van der Waals surface area contributed by atoms with Crippen molar-refractivity contribution in [3.8, 4) is 0 Å². The predicted molar refractivity (Wildman–Crippen MR) is 82.2 cm³/mol. The zero-order valence-electron chi connectivity index (χ0n) is 11.6. The van der Waals surface area contributed by atoms with E-state index < -0.39 is 0 Å². The zero-order valence-corrected chi connectivity index (χ0v) is 11.6. The van der Waals surface area contributed by atoms with Crippen LogP contribution in [0.15, 0.2) is 36.4 Å². The number of hydrogen-bond acceptors (Lipinski definition) is 4. The molecule has 0 atom stereocenters. The molecular formula is C16H20N4. The van der Waals surface area contributed by atoms with Gasteiger partial charge in [0, 0.05) is 50.7 Å². The average Bonchev–Trinajstić information content (AvgIpc) is 2.46. The monoisotopic (exact) mass is 268 g/mol. The Balaban J connectivity index is 1.49. The van der Waals surface area contributed by atoms with E-state index in [2.05, 4.69) is 51.5 Å². The number of nitrogens with zero attached hydrogens (tertiary/aromatic N) is 3. The fourth-order valence-corrected chi connectivity index (χ4v) is 3.08. The fourth-order valence-electron chi connectivity index (χ4n) is 3.08. The average molecular weight is 268 g/mol. The van der Waals surface area contributed by atoms with Crippen LogP contribution in [0.3, 0.4) is 0 Å². The van der Waals surface area contributed by atoms with E-state index in [0.29, 0.717) is 0 Å².